The van der Waals surface area contributed by atoms with E-state index in [-0.39, 0.29) is 11.9 Å². The van der Waals surface area contributed by atoms with Gasteiger partial charge in [0.1, 0.15) is 0 Å². The zero-order chi connectivity index (χ0) is 22.4. The fourth-order valence-corrected chi connectivity index (χ4v) is 3.65. The highest BCUT2D eigenvalue weighted by Gasteiger charge is 2.26. The van der Waals surface area contributed by atoms with Gasteiger partial charge in [0.25, 0.3) is 5.91 Å². The van der Waals surface area contributed by atoms with Gasteiger partial charge in [-0.3, -0.25) is 4.79 Å². The third kappa shape index (κ3) is 5.78. The molecule has 31 heavy (non-hydrogen) atoms. The number of methoxy groups -OCH3 is 1. The molecule has 0 unspecified atom stereocenters. The predicted molar refractivity (Wildman–Crippen MR) is 118 cm³/mol. The molecule has 0 bridgehead atoms. The van der Waals surface area contributed by atoms with Crippen LogP contribution in [-0.4, -0.2) is 31.7 Å². The third-order valence-corrected chi connectivity index (χ3v) is 5.31. The van der Waals surface area contributed by atoms with Crippen LogP contribution in [0.2, 0.25) is 0 Å². The van der Waals surface area contributed by atoms with Crippen molar-refractivity contribution in [3.05, 3.63) is 59.2 Å². The molecule has 1 aliphatic carbocycles. The van der Waals surface area contributed by atoms with Crippen molar-refractivity contribution in [2.45, 2.75) is 52.2 Å². The van der Waals surface area contributed by atoms with Crippen LogP contribution in [0.3, 0.4) is 0 Å². The number of carbonyl (C=O) groups excluding carboxylic acids is 2. The number of hydrogen-bond donors (Lipinski definition) is 1. The van der Waals surface area contributed by atoms with Crippen molar-refractivity contribution in [3.63, 3.8) is 0 Å². The van der Waals surface area contributed by atoms with Crippen LogP contribution in [0.4, 0.5) is 0 Å². The molecule has 0 aromatic heterocycles. The summed E-state index contributed by atoms with van der Waals surface area (Å²) in [6, 6.07) is 12.9. The SMILES string of the molecule is COc1cc(C(=O)O[C@@H](C)C(=O)N[C@@H]2CCCc3ccccc32)ccc1OCC(C)C. The summed E-state index contributed by atoms with van der Waals surface area (Å²) in [5.41, 5.74) is 2.70. The Morgan fingerprint density at radius 3 is 2.61 bits per heavy atom. The number of fused-ring (bicyclic) bond motifs is 1. The van der Waals surface area contributed by atoms with E-state index in [0.717, 1.165) is 24.8 Å². The van der Waals surface area contributed by atoms with E-state index >= 15 is 0 Å². The van der Waals surface area contributed by atoms with Gasteiger partial charge in [-0.2, -0.15) is 0 Å². The molecule has 1 aliphatic rings. The molecular formula is C25H31NO5. The van der Waals surface area contributed by atoms with Gasteiger partial charge >= 0.3 is 5.97 Å². The average Bonchev–Trinajstić information content (AvgIpc) is 2.77. The van der Waals surface area contributed by atoms with Crippen molar-refractivity contribution in [2.75, 3.05) is 13.7 Å². The molecule has 166 valence electrons. The minimum atomic E-state index is -0.913. The molecule has 1 N–H and O–H groups in total. The Hall–Kier alpha value is -3.02. The van der Waals surface area contributed by atoms with E-state index in [2.05, 4.69) is 25.2 Å². The fraction of sp³-hybridized carbons (Fsp3) is 0.440. The first-order chi connectivity index (χ1) is 14.9. The molecule has 0 radical (unpaired) electrons. The van der Waals surface area contributed by atoms with Crippen LogP contribution in [0.5, 0.6) is 11.5 Å². The second-order valence-electron chi connectivity index (χ2n) is 8.27. The summed E-state index contributed by atoms with van der Waals surface area (Å²) >= 11 is 0. The number of esters is 1. The number of hydrogen-bond acceptors (Lipinski definition) is 5. The Morgan fingerprint density at radius 1 is 1.10 bits per heavy atom. The first kappa shape index (κ1) is 22.7. The van der Waals surface area contributed by atoms with Crippen molar-refractivity contribution in [3.8, 4) is 11.5 Å². The van der Waals surface area contributed by atoms with Crippen molar-refractivity contribution < 1.29 is 23.8 Å². The second-order valence-corrected chi connectivity index (χ2v) is 8.27. The average molecular weight is 426 g/mol. The van der Waals surface area contributed by atoms with Crippen molar-refractivity contribution >= 4 is 11.9 Å². The lowest BCUT2D eigenvalue weighted by Gasteiger charge is -2.27. The molecule has 0 saturated carbocycles. The number of aryl methyl sites for hydroxylation is 1. The van der Waals surface area contributed by atoms with Crippen LogP contribution < -0.4 is 14.8 Å². The molecule has 0 saturated heterocycles. The molecule has 3 rings (SSSR count). The molecule has 2 aromatic rings. The third-order valence-electron chi connectivity index (χ3n) is 5.31. The first-order valence-corrected chi connectivity index (χ1v) is 10.8. The Bertz CT molecular complexity index is 924. The standard InChI is InChI=1S/C25H31NO5/c1-16(2)15-30-22-13-12-19(14-23(22)29-4)25(28)31-17(3)24(27)26-21-11-7-9-18-8-5-6-10-20(18)21/h5-6,8,10,12-14,16-17,21H,7,9,11,15H2,1-4H3,(H,26,27)/t17-,21+/m0/s1. The summed E-state index contributed by atoms with van der Waals surface area (Å²) in [7, 11) is 1.52. The van der Waals surface area contributed by atoms with E-state index in [1.165, 1.54) is 12.7 Å². The van der Waals surface area contributed by atoms with Gasteiger partial charge in [-0.1, -0.05) is 38.1 Å². The van der Waals surface area contributed by atoms with Crippen LogP contribution in [0, 0.1) is 5.92 Å². The van der Waals surface area contributed by atoms with Crippen LogP contribution >= 0.6 is 0 Å². The topological polar surface area (TPSA) is 73.9 Å². The van der Waals surface area contributed by atoms with E-state index in [1.54, 1.807) is 25.1 Å². The van der Waals surface area contributed by atoms with Gasteiger partial charge in [0.15, 0.2) is 17.6 Å². The van der Waals surface area contributed by atoms with Crippen LogP contribution in [0.1, 0.15) is 61.1 Å². The lowest BCUT2D eigenvalue weighted by atomic mass is 9.87. The van der Waals surface area contributed by atoms with Crippen LogP contribution in [0.15, 0.2) is 42.5 Å². The Labute approximate surface area is 183 Å². The smallest absolute Gasteiger partial charge is 0.339 e. The van der Waals surface area contributed by atoms with Crippen LogP contribution in [-0.2, 0) is 16.0 Å². The number of rotatable bonds is 8. The molecule has 2 atom stereocenters. The Kier molecular flexibility index (Phi) is 7.55. The maximum absolute atomic E-state index is 12.7. The summed E-state index contributed by atoms with van der Waals surface area (Å²) in [6.07, 6.45) is 2.00. The van der Waals surface area contributed by atoms with Gasteiger partial charge < -0.3 is 19.5 Å². The molecule has 1 amide bonds. The van der Waals surface area contributed by atoms with Gasteiger partial charge in [0, 0.05) is 0 Å². The van der Waals surface area contributed by atoms with Gasteiger partial charge in [-0.15, -0.1) is 0 Å². The Morgan fingerprint density at radius 2 is 1.87 bits per heavy atom. The molecule has 2 aromatic carbocycles. The molecule has 0 spiro atoms. The molecule has 6 heteroatoms. The zero-order valence-electron chi connectivity index (χ0n) is 18.6. The highest BCUT2D eigenvalue weighted by atomic mass is 16.5. The summed E-state index contributed by atoms with van der Waals surface area (Å²) < 4.78 is 16.5. The first-order valence-electron chi connectivity index (χ1n) is 10.8. The van der Waals surface area contributed by atoms with Crippen molar-refractivity contribution in [1.29, 1.82) is 0 Å². The van der Waals surface area contributed by atoms with Gasteiger partial charge in [-0.05, 0) is 61.4 Å². The lowest BCUT2D eigenvalue weighted by Crippen LogP contribution is -2.39. The minimum Gasteiger partial charge on any atom is -0.493 e. The molecule has 0 fully saturated rings. The highest BCUT2D eigenvalue weighted by molar-refractivity contribution is 5.93. The second kappa shape index (κ2) is 10.3. The normalized spacial score (nSPS) is 16.2. The molecule has 0 aliphatic heterocycles. The maximum atomic E-state index is 12.7. The molecule has 6 nitrogen and oxygen atoms in total. The molecular weight excluding hydrogens is 394 g/mol. The highest BCUT2D eigenvalue weighted by Crippen LogP contribution is 2.30. The number of ether oxygens (including phenoxy) is 3. The van der Waals surface area contributed by atoms with E-state index in [0.29, 0.717) is 29.6 Å². The predicted octanol–water partition coefficient (Wildman–Crippen LogP) is 4.47. The van der Waals surface area contributed by atoms with E-state index < -0.39 is 12.1 Å². The largest absolute Gasteiger partial charge is 0.493 e. The van der Waals surface area contributed by atoms with Gasteiger partial charge in [0.2, 0.25) is 0 Å². The lowest BCUT2D eigenvalue weighted by molar-refractivity contribution is -0.130. The summed E-state index contributed by atoms with van der Waals surface area (Å²) in [6.45, 7) is 6.23. The summed E-state index contributed by atoms with van der Waals surface area (Å²) in [4.78, 5) is 25.3. The summed E-state index contributed by atoms with van der Waals surface area (Å²) in [5, 5.41) is 3.03. The minimum absolute atomic E-state index is 0.0592. The van der Waals surface area contributed by atoms with E-state index in [4.69, 9.17) is 14.2 Å². The fourth-order valence-electron chi connectivity index (χ4n) is 3.65. The molecule has 0 heterocycles. The van der Waals surface area contributed by atoms with Gasteiger partial charge in [0.05, 0.1) is 25.3 Å². The van der Waals surface area contributed by atoms with E-state index in [9.17, 15) is 9.59 Å². The van der Waals surface area contributed by atoms with Crippen molar-refractivity contribution in [1.82, 2.24) is 5.32 Å². The van der Waals surface area contributed by atoms with Crippen LogP contribution in [0.25, 0.3) is 0 Å². The Balaban J connectivity index is 1.62. The zero-order valence-corrected chi connectivity index (χ0v) is 18.6. The summed E-state index contributed by atoms with van der Waals surface area (Å²) in [5.74, 6) is 0.490. The quantitative estimate of drug-likeness (QED) is 0.632. The number of carbonyl (C=O) groups is 2. The maximum Gasteiger partial charge on any atom is 0.339 e. The monoisotopic (exact) mass is 425 g/mol. The van der Waals surface area contributed by atoms with E-state index in [1.807, 2.05) is 18.2 Å². The number of amides is 1. The van der Waals surface area contributed by atoms with Crippen molar-refractivity contribution in [2.24, 2.45) is 5.92 Å². The van der Waals surface area contributed by atoms with Gasteiger partial charge in [-0.25, -0.2) is 4.79 Å². The number of nitrogens with one attached hydrogen (secondary N) is 1. The number of benzene rings is 2.